The minimum Gasteiger partial charge on any atom is -0.482 e. The van der Waals surface area contributed by atoms with E-state index in [-0.39, 0.29) is 6.61 Å². The van der Waals surface area contributed by atoms with Crippen molar-refractivity contribution in [2.75, 3.05) is 6.61 Å². The highest BCUT2D eigenvalue weighted by atomic mass is 35.5. The van der Waals surface area contributed by atoms with E-state index in [9.17, 15) is 5.11 Å². The molecule has 0 aromatic heterocycles. The topological polar surface area (TPSA) is 29.5 Å². The molecule has 1 saturated carbocycles. The van der Waals surface area contributed by atoms with E-state index in [0.29, 0.717) is 15.8 Å². The molecule has 2 rings (SSSR count). The zero-order valence-corrected chi connectivity index (χ0v) is 11.1. The van der Waals surface area contributed by atoms with Crippen LogP contribution in [-0.4, -0.2) is 17.3 Å². The standard InChI is InChI=1S/C13H16Cl2O2/c14-10-5-4-6-11(15)12(10)17-13(9-16)7-2-1-3-8-13/h4-6,16H,1-3,7-9H2. The zero-order valence-electron chi connectivity index (χ0n) is 9.59. The molecule has 94 valence electrons. The number of aliphatic hydroxyl groups excluding tert-OH is 1. The van der Waals surface area contributed by atoms with Crippen molar-refractivity contribution in [2.45, 2.75) is 37.7 Å². The van der Waals surface area contributed by atoms with E-state index in [4.69, 9.17) is 27.9 Å². The van der Waals surface area contributed by atoms with Crippen molar-refractivity contribution in [1.82, 2.24) is 0 Å². The Morgan fingerprint density at radius 3 is 2.24 bits per heavy atom. The van der Waals surface area contributed by atoms with Crippen molar-refractivity contribution in [3.8, 4) is 5.75 Å². The average Bonchev–Trinajstić information content (AvgIpc) is 2.35. The van der Waals surface area contributed by atoms with Crippen LogP contribution < -0.4 is 4.74 Å². The number of aliphatic hydroxyl groups is 1. The Morgan fingerprint density at radius 1 is 1.12 bits per heavy atom. The van der Waals surface area contributed by atoms with Crippen LogP contribution in [0, 0.1) is 0 Å². The third kappa shape index (κ3) is 2.87. The first-order valence-electron chi connectivity index (χ1n) is 5.91. The fourth-order valence-corrected chi connectivity index (χ4v) is 2.76. The summed E-state index contributed by atoms with van der Waals surface area (Å²) in [5.74, 6) is 0.492. The van der Waals surface area contributed by atoms with Gasteiger partial charge in [0.15, 0.2) is 5.75 Å². The lowest BCUT2D eigenvalue weighted by Gasteiger charge is -2.36. The monoisotopic (exact) mass is 274 g/mol. The predicted octanol–water partition coefficient (Wildman–Crippen LogP) is 4.07. The summed E-state index contributed by atoms with van der Waals surface area (Å²) in [6.45, 7) is 0.00848. The van der Waals surface area contributed by atoms with Gasteiger partial charge in [0.1, 0.15) is 5.60 Å². The molecule has 17 heavy (non-hydrogen) atoms. The maximum Gasteiger partial charge on any atom is 0.157 e. The molecular formula is C13H16Cl2O2. The molecule has 0 atom stereocenters. The molecule has 0 heterocycles. The minimum atomic E-state index is -0.507. The molecule has 0 bridgehead atoms. The number of para-hydroxylation sites is 1. The van der Waals surface area contributed by atoms with Gasteiger partial charge in [0.25, 0.3) is 0 Å². The van der Waals surface area contributed by atoms with E-state index in [1.54, 1.807) is 18.2 Å². The van der Waals surface area contributed by atoms with Crippen molar-refractivity contribution >= 4 is 23.2 Å². The van der Waals surface area contributed by atoms with Gasteiger partial charge >= 0.3 is 0 Å². The second-order valence-corrected chi connectivity index (χ2v) is 5.37. The van der Waals surface area contributed by atoms with Gasteiger partial charge in [-0.3, -0.25) is 0 Å². The number of rotatable bonds is 3. The van der Waals surface area contributed by atoms with Crippen LogP contribution in [0.2, 0.25) is 10.0 Å². The lowest BCUT2D eigenvalue weighted by molar-refractivity contribution is -0.0196. The second kappa shape index (κ2) is 5.47. The molecule has 2 nitrogen and oxygen atoms in total. The van der Waals surface area contributed by atoms with Crippen LogP contribution in [0.1, 0.15) is 32.1 Å². The Balaban J connectivity index is 2.23. The third-order valence-corrected chi connectivity index (χ3v) is 3.89. The molecule has 1 fully saturated rings. The van der Waals surface area contributed by atoms with Gasteiger partial charge in [0, 0.05) is 0 Å². The van der Waals surface area contributed by atoms with Crippen molar-refractivity contribution in [3.05, 3.63) is 28.2 Å². The Hall–Kier alpha value is -0.440. The van der Waals surface area contributed by atoms with E-state index in [1.807, 2.05) is 0 Å². The quantitative estimate of drug-likeness (QED) is 0.901. The highest BCUT2D eigenvalue weighted by molar-refractivity contribution is 6.37. The van der Waals surface area contributed by atoms with Crippen LogP contribution in [0.15, 0.2) is 18.2 Å². The van der Waals surface area contributed by atoms with Crippen molar-refractivity contribution in [2.24, 2.45) is 0 Å². The highest BCUT2D eigenvalue weighted by Crippen LogP contribution is 2.39. The number of hydrogen-bond acceptors (Lipinski definition) is 2. The molecule has 1 N–H and O–H groups in total. The first-order chi connectivity index (χ1) is 8.17. The number of benzene rings is 1. The van der Waals surface area contributed by atoms with E-state index >= 15 is 0 Å². The Morgan fingerprint density at radius 2 is 1.71 bits per heavy atom. The maximum absolute atomic E-state index is 9.57. The smallest absolute Gasteiger partial charge is 0.157 e. The Bertz CT molecular complexity index is 367. The van der Waals surface area contributed by atoms with Gasteiger partial charge < -0.3 is 9.84 Å². The molecule has 1 aromatic rings. The van der Waals surface area contributed by atoms with Gasteiger partial charge in [-0.05, 0) is 37.8 Å². The summed E-state index contributed by atoms with van der Waals surface area (Å²) >= 11 is 12.2. The summed E-state index contributed by atoms with van der Waals surface area (Å²) in [7, 11) is 0. The van der Waals surface area contributed by atoms with Gasteiger partial charge in [0.05, 0.1) is 16.7 Å². The van der Waals surface area contributed by atoms with Gasteiger partial charge in [-0.25, -0.2) is 0 Å². The zero-order chi connectivity index (χ0) is 12.3. The van der Waals surface area contributed by atoms with Crippen molar-refractivity contribution < 1.29 is 9.84 Å². The first kappa shape index (κ1) is 13.0. The second-order valence-electron chi connectivity index (χ2n) is 4.55. The van der Waals surface area contributed by atoms with E-state index < -0.39 is 5.60 Å². The molecular weight excluding hydrogens is 259 g/mol. The minimum absolute atomic E-state index is 0.00848. The molecule has 0 spiro atoms. The largest absolute Gasteiger partial charge is 0.482 e. The van der Waals surface area contributed by atoms with Crippen molar-refractivity contribution in [3.63, 3.8) is 0 Å². The summed E-state index contributed by atoms with van der Waals surface area (Å²) in [6.07, 6.45) is 5.04. The van der Waals surface area contributed by atoms with Crippen molar-refractivity contribution in [1.29, 1.82) is 0 Å². The Kier molecular flexibility index (Phi) is 4.18. The maximum atomic E-state index is 9.57. The molecule has 0 aliphatic heterocycles. The summed E-state index contributed by atoms with van der Waals surface area (Å²) < 4.78 is 5.94. The van der Waals surface area contributed by atoms with Crippen LogP contribution in [0.4, 0.5) is 0 Å². The van der Waals surface area contributed by atoms with Gasteiger partial charge in [-0.1, -0.05) is 35.7 Å². The lowest BCUT2D eigenvalue weighted by atomic mass is 9.85. The van der Waals surface area contributed by atoms with Gasteiger partial charge in [0.2, 0.25) is 0 Å². The summed E-state index contributed by atoms with van der Waals surface area (Å²) in [5, 5.41) is 10.6. The first-order valence-corrected chi connectivity index (χ1v) is 6.66. The van der Waals surface area contributed by atoms with E-state index in [2.05, 4.69) is 0 Å². The predicted molar refractivity (Wildman–Crippen MR) is 70.0 cm³/mol. The molecule has 0 saturated heterocycles. The van der Waals surface area contributed by atoms with Crippen LogP contribution in [0.5, 0.6) is 5.75 Å². The molecule has 0 unspecified atom stereocenters. The van der Waals surface area contributed by atoms with Crippen LogP contribution in [-0.2, 0) is 0 Å². The van der Waals surface area contributed by atoms with Gasteiger partial charge in [-0.2, -0.15) is 0 Å². The average molecular weight is 275 g/mol. The summed E-state index contributed by atoms with van der Waals surface area (Å²) in [5.41, 5.74) is -0.507. The molecule has 1 aliphatic carbocycles. The lowest BCUT2D eigenvalue weighted by Crippen LogP contribution is -2.42. The summed E-state index contributed by atoms with van der Waals surface area (Å²) in [6, 6.07) is 5.28. The highest BCUT2D eigenvalue weighted by Gasteiger charge is 2.34. The SMILES string of the molecule is OCC1(Oc2c(Cl)cccc2Cl)CCCCC1. The summed E-state index contributed by atoms with van der Waals surface area (Å²) in [4.78, 5) is 0. The fourth-order valence-electron chi connectivity index (χ4n) is 2.29. The Labute approximate surface area is 111 Å². The molecule has 0 radical (unpaired) electrons. The number of halogens is 2. The van der Waals surface area contributed by atoms with E-state index in [1.165, 1.54) is 6.42 Å². The molecule has 0 amide bonds. The van der Waals surface area contributed by atoms with Crippen LogP contribution >= 0.6 is 23.2 Å². The molecule has 4 heteroatoms. The fraction of sp³-hybridized carbons (Fsp3) is 0.538. The molecule has 1 aliphatic rings. The third-order valence-electron chi connectivity index (χ3n) is 3.29. The van der Waals surface area contributed by atoms with Gasteiger partial charge in [-0.15, -0.1) is 0 Å². The van der Waals surface area contributed by atoms with E-state index in [0.717, 1.165) is 25.7 Å². The number of hydrogen-bond donors (Lipinski definition) is 1. The normalized spacial score (nSPS) is 19.0. The molecule has 1 aromatic carbocycles. The number of ether oxygens (including phenoxy) is 1. The van der Waals surface area contributed by atoms with Crippen LogP contribution in [0.25, 0.3) is 0 Å². The van der Waals surface area contributed by atoms with Crippen LogP contribution in [0.3, 0.4) is 0 Å².